The van der Waals surface area contributed by atoms with Gasteiger partial charge >= 0.3 is 0 Å². The third-order valence-corrected chi connectivity index (χ3v) is 5.30. The van der Waals surface area contributed by atoms with Crippen molar-refractivity contribution in [2.24, 2.45) is 5.92 Å². The first-order valence-corrected chi connectivity index (χ1v) is 9.64. The summed E-state index contributed by atoms with van der Waals surface area (Å²) < 4.78 is 5.32. The summed E-state index contributed by atoms with van der Waals surface area (Å²) in [7, 11) is 0. The Bertz CT molecular complexity index is 620. The molecular weight excluding hydrogens is 330 g/mol. The first-order valence-electron chi connectivity index (χ1n) is 9.64. The lowest BCUT2D eigenvalue weighted by atomic mass is 9.95. The van der Waals surface area contributed by atoms with Gasteiger partial charge in [-0.3, -0.25) is 14.5 Å². The number of hydrogen-bond donors (Lipinski definition) is 1. The third-order valence-electron chi connectivity index (χ3n) is 5.30. The second kappa shape index (κ2) is 9.14. The number of amides is 2. The molecule has 0 atom stereocenters. The second-order valence-corrected chi connectivity index (χ2v) is 7.05. The number of ether oxygens (including phenoxy) is 1. The van der Waals surface area contributed by atoms with Crippen molar-refractivity contribution in [3.05, 3.63) is 29.8 Å². The first-order chi connectivity index (χ1) is 12.7. The number of nitrogens with one attached hydrogen (secondary N) is 1. The van der Waals surface area contributed by atoms with E-state index in [1.165, 1.54) is 0 Å². The van der Waals surface area contributed by atoms with Crippen LogP contribution in [-0.2, 0) is 20.7 Å². The topological polar surface area (TPSA) is 61.9 Å². The lowest BCUT2D eigenvalue weighted by molar-refractivity contribution is -0.141. The normalized spacial score (nSPS) is 19.3. The molecule has 6 heteroatoms. The van der Waals surface area contributed by atoms with Crippen molar-refractivity contribution in [2.45, 2.75) is 26.2 Å². The number of morpholine rings is 1. The van der Waals surface area contributed by atoms with Gasteiger partial charge in [-0.05, 0) is 44.0 Å². The lowest BCUT2D eigenvalue weighted by Crippen LogP contribution is -2.47. The summed E-state index contributed by atoms with van der Waals surface area (Å²) in [5, 5.41) is 3.02. The number of rotatable bonds is 5. The molecule has 3 rings (SSSR count). The summed E-state index contributed by atoms with van der Waals surface area (Å²) in [6.07, 6.45) is 2.55. The Kier molecular flexibility index (Phi) is 6.63. The molecule has 0 unspecified atom stereocenters. The van der Waals surface area contributed by atoms with Crippen LogP contribution in [0.15, 0.2) is 24.3 Å². The molecule has 6 nitrogen and oxygen atoms in total. The Labute approximate surface area is 155 Å². The summed E-state index contributed by atoms with van der Waals surface area (Å²) in [5.74, 6) is 0.367. The van der Waals surface area contributed by atoms with Gasteiger partial charge in [0.25, 0.3) is 0 Å². The highest BCUT2D eigenvalue weighted by atomic mass is 16.5. The van der Waals surface area contributed by atoms with Crippen LogP contribution in [0.25, 0.3) is 0 Å². The van der Waals surface area contributed by atoms with E-state index >= 15 is 0 Å². The second-order valence-electron chi connectivity index (χ2n) is 7.05. The molecule has 1 N–H and O–H groups in total. The standard InChI is InChI=1S/C20H29N3O3/c1-2-16-5-3-4-6-18(16)21-19(24)15-22-9-7-17(8-10-22)20(25)23-11-13-26-14-12-23/h3-6,17H,2,7-15H2,1H3,(H,21,24). The van der Waals surface area contributed by atoms with E-state index in [-0.39, 0.29) is 17.7 Å². The zero-order chi connectivity index (χ0) is 18.4. The summed E-state index contributed by atoms with van der Waals surface area (Å²) in [5.41, 5.74) is 2.05. The Balaban J connectivity index is 1.44. The van der Waals surface area contributed by atoms with E-state index in [0.717, 1.165) is 43.6 Å². The molecule has 0 saturated carbocycles. The van der Waals surface area contributed by atoms with Gasteiger partial charge in [0, 0.05) is 24.7 Å². The van der Waals surface area contributed by atoms with Gasteiger partial charge in [0.05, 0.1) is 19.8 Å². The third kappa shape index (κ3) is 4.83. The van der Waals surface area contributed by atoms with Crippen LogP contribution in [0.5, 0.6) is 0 Å². The Morgan fingerprint density at radius 2 is 1.81 bits per heavy atom. The van der Waals surface area contributed by atoms with Crippen molar-refractivity contribution < 1.29 is 14.3 Å². The molecule has 2 aliphatic rings. The van der Waals surface area contributed by atoms with Crippen molar-refractivity contribution in [1.29, 1.82) is 0 Å². The maximum absolute atomic E-state index is 12.6. The van der Waals surface area contributed by atoms with Gasteiger partial charge < -0.3 is 15.0 Å². The molecule has 2 fully saturated rings. The Morgan fingerprint density at radius 1 is 1.12 bits per heavy atom. The number of aryl methyl sites for hydroxylation is 1. The van der Waals surface area contributed by atoms with Crippen LogP contribution >= 0.6 is 0 Å². The minimum absolute atomic E-state index is 0.0175. The van der Waals surface area contributed by atoms with Gasteiger partial charge in [0.15, 0.2) is 0 Å². The van der Waals surface area contributed by atoms with E-state index in [0.29, 0.717) is 32.8 Å². The maximum Gasteiger partial charge on any atom is 0.238 e. The fourth-order valence-electron chi connectivity index (χ4n) is 3.72. The van der Waals surface area contributed by atoms with Crippen molar-refractivity contribution in [1.82, 2.24) is 9.80 Å². The van der Waals surface area contributed by atoms with Crippen LogP contribution in [0.4, 0.5) is 5.69 Å². The molecule has 26 heavy (non-hydrogen) atoms. The molecule has 0 bridgehead atoms. The van der Waals surface area contributed by atoms with Crippen molar-refractivity contribution in [2.75, 3.05) is 51.3 Å². The predicted molar refractivity (Wildman–Crippen MR) is 101 cm³/mol. The van der Waals surface area contributed by atoms with Crippen LogP contribution in [0.1, 0.15) is 25.3 Å². The summed E-state index contributed by atoms with van der Waals surface area (Å²) in [4.78, 5) is 29.0. The van der Waals surface area contributed by atoms with Crippen molar-refractivity contribution in [3.63, 3.8) is 0 Å². The summed E-state index contributed by atoms with van der Waals surface area (Å²) in [6.45, 7) is 6.76. The smallest absolute Gasteiger partial charge is 0.238 e. The highest BCUT2D eigenvalue weighted by molar-refractivity contribution is 5.93. The van der Waals surface area contributed by atoms with Crippen molar-refractivity contribution in [3.8, 4) is 0 Å². The Hall–Kier alpha value is -1.92. The summed E-state index contributed by atoms with van der Waals surface area (Å²) >= 11 is 0. The maximum atomic E-state index is 12.6. The number of likely N-dealkylation sites (tertiary alicyclic amines) is 1. The molecule has 2 aliphatic heterocycles. The predicted octanol–water partition coefficient (Wildman–Crippen LogP) is 1.76. The van der Waals surface area contributed by atoms with Gasteiger partial charge in [0.2, 0.25) is 11.8 Å². The molecule has 0 spiro atoms. The van der Waals surface area contributed by atoms with E-state index in [2.05, 4.69) is 17.1 Å². The van der Waals surface area contributed by atoms with E-state index < -0.39 is 0 Å². The van der Waals surface area contributed by atoms with Gasteiger partial charge in [-0.2, -0.15) is 0 Å². The average molecular weight is 359 g/mol. The molecule has 2 amide bonds. The van der Waals surface area contributed by atoms with Crippen LogP contribution in [0.3, 0.4) is 0 Å². The zero-order valence-electron chi connectivity index (χ0n) is 15.6. The monoisotopic (exact) mass is 359 g/mol. The fourth-order valence-corrected chi connectivity index (χ4v) is 3.72. The van der Waals surface area contributed by atoms with Crippen LogP contribution in [0, 0.1) is 5.92 Å². The van der Waals surface area contributed by atoms with Crippen molar-refractivity contribution >= 4 is 17.5 Å². The molecule has 0 radical (unpaired) electrons. The Morgan fingerprint density at radius 3 is 2.50 bits per heavy atom. The van der Waals surface area contributed by atoms with E-state index in [1.807, 2.05) is 29.2 Å². The van der Waals surface area contributed by atoms with E-state index in [9.17, 15) is 9.59 Å². The van der Waals surface area contributed by atoms with E-state index in [4.69, 9.17) is 4.74 Å². The quantitative estimate of drug-likeness (QED) is 0.870. The minimum atomic E-state index is 0.0175. The van der Waals surface area contributed by atoms with E-state index in [1.54, 1.807) is 0 Å². The highest BCUT2D eigenvalue weighted by Gasteiger charge is 2.29. The molecular formula is C20H29N3O3. The van der Waals surface area contributed by atoms with Crippen LogP contribution in [0.2, 0.25) is 0 Å². The number of carbonyl (C=O) groups excluding carboxylic acids is 2. The fraction of sp³-hybridized carbons (Fsp3) is 0.600. The van der Waals surface area contributed by atoms with Gasteiger partial charge in [-0.1, -0.05) is 25.1 Å². The number of nitrogens with zero attached hydrogens (tertiary/aromatic N) is 2. The van der Waals surface area contributed by atoms with Crippen LogP contribution < -0.4 is 5.32 Å². The molecule has 1 aromatic carbocycles. The lowest BCUT2D eigenvalue weighted by Gasteiger charge is -2.35. The molecule has 2 heterocycles. The number of para-hydroxylation sites is 1. The number of anilines is 1. The average Bonchev–Trinajstić information content (AvgIpc) is 2.69. The largest absolute Gasteiger partial charge is 0.378 e. The number of carbonyl (C=O) groups is 2. The van der Waals surface area contributed by atoms with Crippen LogP contribution in [-0.4, -0.2) is 67.6 Å². The number of hydrogen-bond acceptors (Lipinski definition) is 4. The summed E-state index contributed by atoms with van der Waals surface area (Å²) in [6, 6.07) is 7.92. The SMILES string of the molecule is CCc1ccccc1NC(=O)CN1CCC(C(=O)N2CCOCC2)CC1. The molecule has 2 saturated heterocycles. The molecule has 1 aromatic rings. The van der Waals surface area contributed by atoms with Gasteiger partial charge in [0.1, 0.15) is 0 Å². The molecule has 0 aliphatic carbocycles. The molecule has 0 aromatic heterocycles. The number of benzene rings is 1. The van der Waals surface area contributed by atoms with Gasteiger partial charge in [-0.25, -0.2) is 0 Å². The molecule has 142 valence electrons. The minimum Gasteiger partial charge on any atom is -0.378 e. The highest BCUT2D eigenvalue weighted by Crippen LogP contribution is 2.21. The first kappa shape index (κ1) is 18.9. The van der Waals surface area contributed by atoms with Gasteiger partial charge in [-0.15, -0.1) is 0 Å². The number of piperidine rings is 1. The zero-order valence-corrected chi connectivity index (χ0v) is 15.6.